The SMILES string of the molecule is CC[C@H](C)[C@@H]([C@@H](CC(=O)N1CCC[C@H]1[C@H](OC)[C@@H](C)C(=O)N[C@H](C)[C@@H](O)c1ccccc1)OC)N(C)C(=O)[C@@H](NC(=O)[C@H](C(C)C)N(C)C(=O)OCC(C)(C)SSc1ncc[nH]1)C(C)C. The first-order chi connectivity index (χ1) is 30.6. The monoisotopic (exact) mass is 948 g/mol. The molecule has 5 amide bonds. The van der Waals surface area contributed by atoms with E-state index in [1.54, 1.807) is 43.1 Å². The summed E-state index contributed by atoms with van der Waals surface area (Å²) in [6, 6.07) is 5.74. The molecule has 366 valence electrons. The van der Waals surface area contributed by atoms with Gasteiger partial charge in [-0.1, -0.05) is 96.0 Å². The number of aliphatic hydroxyl groups is 1. The smallest absolute Gasteiger partial charge is 0.410 e. The fraction of sp³-hybridized carbons (Fsp3) is 0.702. The molecule has 0 unspecified atom stereocenters. The molecule has 18 heteroatoms. The molecule has 0 spiro atoms. The van der Waals surface area contributed by atoms with Crippen LogP contribution in [0.25, 0.3) is 0 Å². The number of likely N-dealkylation sites (N-methyl/N-ethyl adjacent to an activating group) is 2. The van der Waals surface area contributed by atoms with E-state index in [1.165, 1.54) is 47.8 Å². The van der Waals surface area contributed by atoms with Crippen molar-refractivity contribution in [2.75, 3.05) is 41.5 Å². The van der Waals surface area contributed by atoms with Gasteiger partial charge in [0.1, 0.15) is 18.7 Å². The number of aromatic nitrogens is 2. The average Bonchev–Trinajstić information content (AvgIpc) is 3.99. The minimum absolute atomic E-state index is 0.0329. The predicted molar refractivity (Wildman–Crippen MR) is 256 cm³/mol. The zero-order chi connectivity index (χ0) is 48.8. The van der Waals surface area contributed by atoms with Crippen LogP contribution in [-0.2, 0) is 33.4 Å². The number of benzene rings is 1. The maximum atomic E-state index is 14.6. The Hall–Kier alpha value is -3.84. The molecular weight excluding hydrogens is 871 g/mol. The molecule has 16 nitrogen and oxygen atoms in total. The second kappa shape index (κ2) is 25.9. The molecule has 0 saturated carbocycles. The summed E-state index contributed by atoms with van der Waals surface area (Å²) in [6.07, 6.45) is 2.52. The number of imidazole rings is 1. The van der Waals surface area contributed by atoms with Crippen molar-refractivity contribution in [3.8, 4) is 0 Å². The van der Waals surface area contributed by atoms with Crippen LogP contribution in [0.15, 0.2) is 47.9 Å². The Morgan fingerprint density at radius 2 is 1.62 bits per heavy atom. The van der Waals surface area contributed by atoms with Gasteiger partial charge >= 0.3 is 6.09 Å². The molecule has 1 aliphatic rings. The second-order valence-corrected chi connectivity index (χ2v) is 21.5. The summed E-state index contributed by atoms with van der Waals surface area (Å²) < 4.78 is 17.3. The summed E-state index contributed by atoms with van der Waals surface area (Å²) in [5.41, 5.74) is 0.693. The van der Waals surface area contributed by atoms with E-state index in [9.17, 15) is 29.1 Å². The highest BCUT2D eigenvalue weighted by Gasteiger charge is 2.44. The van der Waals surface area contributed by atoms with E-state index in [2.05, 4.69) is 20.6 Å². The second-order valence-electron chi connectivity index (χ2n) is 18.6. The van der Waals surface area contributed by atoms with Crippen LogP contribution < -0.4 is 10.6 Å². The zero-order valence-electron chi connectivity index (χ0n) is 41.0. The third-order valence-corrected chi connectivity index (χ3v) is 15.6. The lowest BCUT2D eigenvalue weighted by molar-refractivity contribution is -0.148. The minimum atomic E-state index is -0.957. The predicted octanol–water partition coefficient (Wildman–Crippen LogP) is 6.32. The Bertz CT molecular complexity index is 1800. The highest BCUT2D eigenvalue weighted by atomic mass is 33.1. The maximum Gasteiger partial charge on any atom is 0.410 e. The van der Waals surface area contributed by atoms with E-state index in [0.717, 1.165) is 11.6 Å². The van der Waals surface area contributed by atoms with E-state index in [4.69, 9.17) is 14.2 Å². The number of ether oxygens (including phenoxy) is 3. The van der Waals surface area contributed by atoms with E-state index in [0.29, 0.717) is 24.9 Å². The van der Waals surface area contributed by atoms with Crippen molar-refractivity contribution in [1.29, 1.82) is 0 Å². The zero-order valence-corrected chi connectivity index (χ0v) is 42.7. The molecule has 0 radical (unpaired) electrons. The molecule has 3 rings (SSSR count). The number of nitrogens with zero attached hydrogens (tertiary/aromatic N) is 4. The first kappa shape index (κ1) is 55.5. The van der Waals surface area contributed by atoms with Crippen molar-refractivity contribution in [2.45, 2.75) is 153 Å². The first-order valence-electron chi connectivity index (χ1n) is 22.8. The summed E-state index contributed by atoms with van der Waals surface area (Å²) >= 11 is 0. The lowest BCUT2D eigenvalue weighted by Crippen LogP contribution is -2.60. The summed E-state index contributed by atoms with van der Waals surface area (Å²) in [5.74, 6) is -2.71. The molecular formula is C47H77N7O9S2. The van der Waals surface area contributed by atoms with Crippen LogP contribution >= 0.6 is 21.6 Å². The molecule has 1 aromatic carbocycles. The largest absolute Gasteiger partial charge is 0.448 e. The van der Waals surface area contributed by atoms with Gasteiger partial charge in [-0.3, -0.25) is 24.1 Å². The third-order valence-electron chi connectivity index (χ3n) is 12.4. The molecule has 2 aromatic rings. The van der Waals surface area contributed by atoms with Crippen molar-refractivity contribution in [2.24, 2.45) is 23.7 Å². The number of nitrogens with one attached hydrogen (secondary N) is 3. The van der Waals surface area contributed by atoms with Crippen molar-refractivity contribution in [3.63, 3.8) is 0 Å². The molecule has 0 bridgehead atoms. The Balaban J connectivity index is 1.73. The normalized spacial score (nSPS) is 18.5. The van der Waals surface area contributed by atoms with Gasteiger partial charge in [0.05, 0.1) is 53.5 Å². The Morgan fingerprint density at radius 1 is 0.954 bits per heavy atom. The van der Waals surface area contributed by atoms with Crippen LogP contribution in [0.5, 0.6) is 0 Å². The number of hydrogen-bond acceptors (Lipinski definition) is 12. The van der Waals surface area contributed by atoms with Crippen molar-refractivity contribution in [1.82, 2.24) is 35.3 Å². The fourth-order valence-corrected chi connectivity index (χ4v) is 10.5. The molecule has 1 aliphatic heterocycles. The molecule has 1 aromatic heterocycles. The number of likely N-dealkylation sites (tertiary alicyclic amines) is 1. The van der Waals surface area contributed by atoms with Gasteiger partial charge in [-0.2, -0.15) is 0 Å². The number of hydrogen-bond donors (Lipinski definition) is 4. The van der Waals surface area contributed by atoms with Gasteiger partial charge in [-0.05, 0) is 67.7 Å². The fourth-order valence-electron chi connectivity index (χ4n) is 8.50. The van der Waals surface area contributed by atoms with Gasteiger partial charge < -0.3 is 44.7 Å². The number of carbonyl (C=O) groups excluding carboxylic acids is 5. The van der Waals surface area contributed by atoms with Crippen LogP contribution in [-0.4, -0.2) is 148 Å². The highest BCUT2D eigenvalue weighted by molar-refractivity contribution is 8.77. The van der Waals surface area contributed by atoms with Gasteiger partial charge in [0.15, 0.2) is 5.16 Å². The Labute approximate surface area is 395 Å². The van der Waals surface area contributed by atoms with E-state index >= 15 is 0 Å². The molecule has 10 atom stereocenters. The van der Waals surface area contributed by atoms with Gasteiger partial charge in [0.2, 0.25) is 23.6 Å². The summed E-state index contributed by atoms with van der Waals surface area (Å²) in [7, 11) is 9.22. The van der Waals surface area contributed by atoms with Gasteiger partial charge in [-0.15, -0.1) is 0 Å². The average molecular weight is 948 g/mol. The number of amides is 5. The highest BCUT2D eigenvalue weighted by Crippen LogP contribution is 2.39. The minimum Gasteiger partial charge on any atom is -0.448 e. The standard InChI is InChI=1S/C47H77N7O9S2/c1-15-30(6)39(35(61-13)26-36(55)54-25-19-22-34(54)41(62-14)31(7)42(57)50-32(8)40(56)33-20-17-16-18-21-33)52(11)44(59)37(28(2)3)51-43(58)38(29(4)5)53(12)46(60)63-27-47(9,10)65-64-45-48-23-24-49-45/h16-18,20-21,23-24,28-32,34-35,37-41,56H,15,19,22,25-27H2,1-14H3,(H,48,49)(H,50,57)(H,51,58)/t30-,31+,32+,34-,35+,37-,38-,39-,40+,41+/m0/s1. The molecule has 1 saturated heterocycles. The van der Waals surface area contributed by atoms with E-state index in [1.807, 2.05) is 85.7 Å². The van der Waals surface area contributed by atoms with Crippen molar-refractivity contribution >= 4 is 51.3 Å². The van der Waals surface area contributed by atoms with Crippen LogP contribution in [0.4, 0.5) is 4.79 Å². The third kappa shape index (κ3) is 15.3. The molecule has 0 aliphatic carbocycles. The maximum absolute atomic E-state index is 14.6. The van der Waals surface area contributed by atoms with E-state index < -0.39 is 65.1 Å². The first-order valence-corrected chi connectivity index (χ1v) is 25.0. The van der Waals surface area contributed by atoms with Crippen molar-refractivity contribution < 1.29 is 43.3 Å². The summed E-state index contributed by atoms with van der Waals surface area (Å²) in [4.78, 5) is 81.9. The van der Waals surface area contributed by atoms with Crippen LogP contribution in [0.3, 0.4) is 0 Å². The molecule has 65 heavy (non-hydrogen) atoms. The Kier molecular flexibility index (Phi) is 22.1. The van der Waals surface area contributed by atoms with Gasteiger partial charge in [0, 0.05) is 47.3 Å². The van der Waals surface area contributed by atoms with Gasteiger partial charge in [-0.25, -0.2) is 9.78 Å². The number of rotatable bonds is 25. The number of aromatic amines is 1. The topological polar surface area (TPSA) is 196 Å². The van der Waals surface area contributed by atoms with Crippen molar-refractivity contribution in [3.05, 3.63) is 48.3 Å². The van der Waals surface area contributed by atoms with Crippen LogP contribution in [0, 0.1) is 23.7 Å². The molecule has 2 heterocycles. The van der Waals surface area contributed by atoms with Crippen LogP contribution in [0.1, 0.15) is 107 Å². The van der Waals surface area contributed by atoms with E-state index in [-0.39, 0.29) is 54.5 Å². The number of aliphatic hydroxyl groups excluding tert-OH is 1. The van der Waals surface area contributed by atoms with Gasteiger partial charge in [0.25, 0.3) is 0 Å². The number of H-pyrrole nitrogens is 1. The summed E-state index contributed by atoms with van der Waals surface area (Å²) in [5, 5.41) is 17.5. The number of methoxy groups -OCH3 is 2. The number of carbonyl (C=O) groups is 5. The molecule has 1 fully saturated rings. The lowest BCUT2D eigenvalue weighted by Gasteiger charge is -2.41. The lowest BCUT2D eigenvalue weighted by atomic mass is 9.89. The summed E-state index contributed by atoms with van der Waals surface area (Å²) in [6.45, 7) is 19.4. The Morgan fingerprint density at radius 3 is 2.17 bits per heavy atom. The molecule has 4 N–H and O–H groups in total. The van der Waals surface area contributed by atoms with Crippen LogP contribution in [0.2, 0.25) is 0 Å². The quantitative estimate of drug-likeness (QED) is 0.0811.